The largest absolute Gasteiger partial charge is 0.510 e. The molecule has 1 saturated heterocycles. The number of hydrogen-bond acceptors (Lipinski definition) is 3. The van der Waals surface area contributed by atoms with E-state index in [-0.39, 0.29) is 0 Å². The van der Waals surface area contributed by atoms with E-state index in [1.165, 1.54) is 0 Å². The Labute approximate surface area is 81.1 Å². The van der Waals surface area contributed by atoms with Crippen molar-refractivity contribution in [2.45, 2.75) is 17.6 Å². The lowest BCUT2D eigenvalue weighted by Gasteiger charge is -2.33. The normalized spacial score (nSPS) is 29.1. The van der Waals surface area contributed by atoms with Crippen molar-refractivity contribution in [1.29, 1.82) is 0 Å². The predicted octanol–water partition coefficient (Wildman–Crippen LogP) is 1.80. The Morgan fingerprint density at radius 2 is 1.60 bits per heavy atom. The highest BCUT2D eigenvalue weighted by atomic mass is 19.3. The van der Waals surface area contributed by atoms with Crippen LogP contribution in [0.3, 0.4) is 0 Å². The van der Waals surface area contributed by atoms with E-state index in [9.17, 15) is 26.7 Å². The number of carbonyl (C=O) groups is 1. The van der Waals surface area contributed by atoms with Gasteiger partial charge in [-0.15, -0.1) is 0 Å². The molecule has 0 amide bonds. The summed E-state index contributed by atoms with van der Waals surface area (Å²) < 4.78 is 70.3. The van der Waals surface area contributed by atoms with Crippen molar-refractivity contribution in [3.8, 4) is 0 Å². The predicted molar refractivity (Wildman–Crippen MR) is 37.0 cm³/mol. The molecule has 0 spiro atoms. The Bertz CT molecular complexity index is 255. The molecule has 8 heteroatoms. The third-order valence-electron chi connectivity index (χ3n) is 2.30. The summed E-state index contributed by atoms with van der Waals surface area (Å²) in [5.74, 6) is 0. The third-order valence-corrected chi connectivity index (χ3v) is 2.30. The number of rotatable bonds is 4. The van der Waals surface area contributed by atoms with Gasteiger partial charge in [0.1, 0.15) is 20.0 Å². The highest BCUT2D eigenvalue weighted by molar-refractivity contribution is 5.65. The van der Waals surface area contributed by atoms with E-state index in [0.29, 0.717) is 0 Å². The molecule has 0 aliphatic carbocycles. The average molecular weight is 234 g/mol. The zero-order chi connectivity index (χ0) is 11.7. The molecule has 0 aromatic carbocycles. The van der Waals surface area contributed by atoms with Gasteiger partial charge in [0.15, 0.2) is 0 Å². The van der Waals surface area contributed by atoms with E-state index in [1.54, 1.807) is 0 Å². The second kappa shape index (κ2) is 3.82. The van der Waals surface area contributed by atoms with Gasteiger partial charge in [0.05, 0.1) is 0 Å². The summed E-state index contributed by atoms with van der Waals surface area (Å²) in [5.41, 5.74) is -6.10. The fraction of sp³-hybridized carbons (Fsp3) is 0.857. The van der Waals surface area contributed by atoms with Gasteiger partial charge in [-0.3, -0.25) is 0 Å². The first kappa shape index (κ1) is 12.0. The minimum Gasteiger partial charge on any atom is -0.417 e. The molecule has 1 atom stereocenters. The first-order chi connectivity index (χ1) is 6.98. The molecule has 1 aliphatic rings. The van der Waals surface area contributed by atoms with Crippen molar-refractivity contribution in [2.24, 2.45) is 0 Å². The molecule has 0 N–H and O–H groups in total. The Kier molecular flexibility index (Phi) is 3.05. The summed E-state index contributed by atoms with van der Waals surface area (Å²) in [6, 6.07) is 0. The number of hydrogen-bond donors (Lipinski definition) is 0. The van der Waals surface area contributed by atoms with Crippen LogP contribution in [0.2, 0.25) is 0 Å². The first-order valence-electron chi connectivity index (χ1n) is 3.86. The number of carbonyl (C=O) groups excluding carboxylic acids is 1. The van der Waals surface area contributed by atoms with E-state index >= 15 is 0 Å². The molecule has 3 nitrogen and oxygen atoms in total. The summed E-state index contributed by atoms with van der Waals surface area (Å²) in [4.78, 5) is 10.6. The number of alkyl halides is 5. The third kappa shape index (κ3) is 1.42. The van der Waals surface area contributed by atoms with Crippen molar-refractivity contribution in [2.75, 3.05) is 20.0 Å². The summed E-state index contributed by atoms with van der Waals surface area (Å²) >= 11 is 0. The van der Waals surface area contributed by atoms with Crippen LogP contribution in [0.4, 0.5) is 26.7 Å². The summed E-state index contributed by atoms with van der Waals surface area (Å²) in [6.45, 7) is -5.50. The number of ether oxygens (including phenoxy) is 2. The highest BCUT2D eigenvalue weighted by Gasteiger charge is 2.69. The second-order valence-corrected chi connectivity index (χ2v) is 3.04. The van der Waals surface area contributed by atoms with E-state index in [0.717, 1.165) is 0 Å². The number of halogens is 5. The van der Waals surface area contributed by atoms with Crippen molar-refractivity contribution >= 4 is 6.16 Å². The van der Waals surface area contributed by atoms with E-state index < -0.39 is 43.8 Å². The molecular formula is C7H7F5O3. The topological polar surface area (TPSA) is 35.5 Å². The molecule has 1 unspecified atom stereocenters. The van der Waals surface area contributed by atoms with Gasteiger partial charge >= 0.3 is 6.16 Å². The van der Waals surface area contributed by atoms with Crippen molar-refractivity contribution < 1.29 is 36.2 Å². The van der Waals surface area contributed by atoms with Gasteiger partial charge in [0, 0.05) is 0 Å². The zero-order valence-corrected chi connectivity index (χ0v) is 7.31. The van der Waals surface area contributed by atoms with Gasteiger partial charge in [-0.1, -0.05) is 0 Å². The van der Waals surface area contributed by atoms with Crippen LogP contribution in [0, 0.1) is 0 Å². The highest BCUT2D eigenvalue weighted by Crippen LogP contribution is 2.42. The van der Waals surface area contributed by atoms with Gasteiger partial charge in [0.2, 0.25) is 11.2 Å². The molecule has 88 valence electrons. The molecule has 0 saturated carbocycles. The second-order valence-electron chi connectivity index (χ2n) is 3.04. The smallest absolute Gasteiger partial charge is 0.417 e. The Hall–Kier alpha value is -1.08. The molecule has 1 aliphatic heterocycles. The maximum absolute atomic E-state index is 12.5. The Balaban J connectivity index is 3.17. The lowest BCUT2D eigenvalue weighted by molar-refractivity contribution is -0.163. The van der Waals surface area contributed by atoms with Crippen molar-refractivity contribution in [3.63, 3.8) is 0 Å². The minimum atomic E-state index is -3.58. The maximum atomic E-state index is 12.5. The van der Waals surface area contributed by atoms with Gasteiger partial charge in [-0.2, -0.15) is 0 Å². The van der Waals surface area contributed by atoms with Crippen LogP contribution in [0.1, 0.15) is 0 Å². The summed E-state index contributed by atoms with van der Waals surface area (Å²) in [7, 11) is 0. The van der Waals surface area contributed by atoms with Crippen LogP contribution in [0.15, 0.2) is 0 Å². The Morgan fingerprint density at radius 3 is 1.87 bits per heavy atom. The fourth-order valence-corrected chi connectivity index (χ4v) is 1.28. The van der Waals surface area contributed by atoms with Gasteiger partial charge in [-0.25, -0.2) is 26.7 Å². The lowest BCUT2D eigenvalue weighted by atomic mass is 9.86. The summed E-state index contributed by atoms with van der Waals surface area (Å²) in [6.07, 6.45) is -5.29. The standard InChI is InChI=1S/C7H7F5O3/c8-1-6(2-9)7(3-10,4(11)12)15-5(13)14-6/h4H,1-3H2. The van der Waals surface area contributed by atoms with Crippen molar-refractivity contribution in [3.05, 3.63) is 0 Å². The van der Waals surface area contributed by atoms with Crippen molar-refractivity contribution in [1.82, 2.24) is 0 Å². The van der Waals surface area contributed by atoms with E-state index in [1.807, 2.05) is 0 Å². The SMILES string of the molecule is O=C1OC(CF)(CF)C(CF)(C(F)F)O1. The van der Waals surface area contributed by atoms with Crippen LogP contribution in [0.5, 0.6) is 0 Å². The molecule has 15 heavy (non-hydrogen) atoms. The fourth-order valence-electron chi connectivity index (χ4n) is 1.28. The Morgan fingerprint density at radius 1 is 1.07 bits per heavy atom. The molecule has 1 heterocycles. The number of cyclic esters (lactones) is 2. The van der Waals surface area contributed by atoms with Gasteiger partial charge in [0.25, 0.3) is 6.43 Å². The van der Waals surface area contributed by atoms with Gasteiger partial charge in [-0.05, 0) is 0 Å². The molecule has 1 fully saturated rings. The molecule has 0 aromatic heterocycles. The van der Waals surface area contributed by atoms with Crippen LogP contribution < -0.4 is 0 Å². The van der Waals surface area contributed by atoms with Gasteiger partial charge < -0.3 is 9.47 Å². The van der Waals surface area contributed by atoms with E-state index in [2.05, 4.69) is 9.47 Å². The molecule has 1 rings (SSSR count). The monoisotopic (exact) mass is 234 g/mol. The molecule has 0 bridgehead atoms. The average Bonchev–Trinajstić information content (AvgIpc) is 2.52. The zero-order valence-electron chi connectivity index (χ0n) is 7.31. The first-order valence-corrected chi connectivity index (χ1v) is 3.86. The minimum absolute atomic E-state index is 1.71. The molecule has 0 aromatic rings. The van der Waals surface area contributed by atoms with Crippen LogP contribution in [-0.4, -0.2) is 43.8 Å². The molecular weight excluding hydrogens is 227 g/mol. The quantitative estimate of drug-likeness (QED) is 0.549. The van der Waals surface area contributed by atoms with Crippen LogP contribution in [0.25, 0.3) is 0 Å². The van der Waals surface area contributed by atoms with Crippen LogP contribution in [-0.2, 0) is 9.47 Å². The lowest BCUT2D eigenvalue weighted by Crippen LogP contribution is -2.61. The summed E-state index contributed by atoms with van der Waals surface area (Å²) in [5, 5.41) is 0. The van der Waals surface area contributed by atoms with Crippen LogP contribution >= 0.6 is 0 Å². The molecule has 0 radical (unpaired) electrons. The maximum Gasteiger partial charge on any atom is 0.510 e. The van der Waals surface area contributed by atoms with E-state index in [4.69, 9.17) is 0 Å².